The molecular formula is C23H28Cl2N2O2. The Hall–Kier alpha value is -2.04. The van der Waals surface area contributed by atoms with Gasteiger partial charge in [0.15, 0.2) is 0 Å². The molecule has 0 aliphatic heterocycles. The van der Waals surface area contributed by atoms with E-state index in [1.807, 2.05) is 56.3 Å². The monoisotopic (exact) mass is 434 g/mol. The molecule has 2 amide bonds. The van der Waals surface area contributed by atoms with Gasteiger partial charge in [-0.15, -0.1) is 0 Å². The highest BCUT2D eigenvalue weighted by Crippen LogP contribution is 2.21. The van der Waals surface area contributed by atoms with Crippen LogP contribution in [0.15, 0.2) is 48.5 Å². The summed E-state index contributed by atoms with van der Waals surface area (Å²) in [5.74, 6) is -0.283. The molecule has 6 heteroatoms. The van der Waals surface area contributed by atoms with Crippen molar-refractivity contribution in [2.45, 2.75) is 58.7 Å². The first-order chi connectivity index (χ1) is 13.8. The van der Waals surface area contributed by atoms with Crippen LogP contribution in [0.25, 0.3) is 0 Å². The minimum atomic E-state index is -0.612. The van der Waals surface area contributed by atoms with E-state index in [0.717, 1.165) is 17.5 Å². The van der Waals surface area contributed by atoms with Crippen LogP contribution >= 0.6 is 23.2 Å². The molecule has 4 nitrogen and oxygen atoms in total. The number of hydrogen-bond acceptors (Lipinski definition) is 2. The van der Waals surface area contributed by atoms with Crippen molar-refractivity contribution < 1.29 is 9.59 Å². The van der Waals surface area contributed by atoms with Gasteiger partial charge in [0.25, 0.3) is 0 Å². The average Bonchev–Trinajstić information content (AvgIpc) is 2.71. The number of amides is 2. The van der Waals surface area contributed by atoms with Gasteiger partial charge in [-0.25, -0.2) is 0 Å². The summed E-state index contributed by atoms with van der Waals surface area (Å²) in [6.07, 6.45) is 1.59. The molecule has 1 N–H and O–H groups in total. The summed E-state index contributed by atoms with van der Waals surface area (Å²) >= 11 is 12.5. The topological polar surface area (TPSA) is 49.4 Å². The lowest BCUT2D eigenvalue weighted by molar-refractivity contribution is -0.140. The summed E-state index contributed by atoms with van der Waals surface area (Å²) in [6.45, 7) is 5.98. The van der Waals surface area contributed by atoms with E-state index in [4.69, 9.17) is 23.2 Å². The Labute approximate surface area is 183 Å². The second-order valence-corrected chi connectivity index (χ2v) is 8.01. The van der Waals surface area contributed by atoms with Gasteiger partial charge in [0.1, 0.15) is 6.04 Å². The van der Waals surface area contributed by atoms with E-state index >= 15 is 0 Å². The van der Waals surface area contributed by atoms with Gasteiger partial charge in [0.05, 0.1) is 0 Å². The van der Waals surface area contributed by atoms with E-state index in [-0.39, 0.29) is 30.8 Å². The Bertz CT molecular complexity index is 841. The van der Waals surface area contributed by atoms with Crippen molar-refractivity contribution in [2.24, 2.45) is 0 Å². The quantitative estimate of drug-likeness (QED) is 0.584. The third kappa shape index (κ3) is 6.76. The van der Waals surface area contributed by atoms with Crippen molar-refractivity contribution in [3.05, 3.63) is 69.7 Å². The van der Waals surface area contributed by atoms with Crippen molar-refractivity contribution in [1.29, 1.82) is 0 Å². The molecule has 0 fully saturated rings. The molecule has 2 atom stereocenters. The Morgan fingerprint density at radius 3 is 2.07 bits per heavy atom. The number of rotatable bonds is 9. The van der Waals surface area contributed by atoms with Crippen LogP contribution < -0.4 is 5.32 Å². The maximum atomic E-state index is 13.1. The van der Waals surface area contributed by atoms with E-state index in [1.54, 1.807) is 17.9 Å². The molecule has 0 unspecified atom stereocenters. The second kappa shape index (κ2) is 11.2. The molecule has 2 aromatic rings. The van der Waals surface area contributed by atoms with Crippen LogP contribution in [0, 0.1) is 0 Å². The Balaban J connectivity index is 2.18. The van der Waals surface area contributed by atoms with Crippen molar-refractivity contribution in [3.63, 3.8) is 0 Å². The smallest absolute Gasteiger partial charge is 0.242 e. The molecule has 0 aliphatic carbocycles. The lowest BCUT2D eigenvalue weighted by atomic mass is 10.1. The van der Waals surface area contributed by atoms with Crippen molar-refractivity contribution in [2.75, 3.05) is 0 Å². The van der Waals surface area contributed by atoms with E-state index in [1.165, 1.54) is 0 Å². The molecule has 0 aromatic heterocycles. The summed E-state index contributed by atoms with van der Waals surface area (Å²) in [4.78, 5) is 27.4. The van der Waals surface area contributed by atoms with Gasteiger partial charge in [-0.1, -0.05) is 66.5 Å². The van der Waals surface area contributed by atoms with E-state index < -0.39 is 6.04 Å². The van der Waals surface area contributed by atoms with Crippen LogP contribution in [0.1, 0.15) is 44.7 Å². The molecule has 0 saturated heterocycles. The normalized spacial score (nSPS) is 12.9. The lowest BCUT2D eigenvalue weighted by Crippen LogP contribution is -2.49. The minimum absolute atomic E-state index is 0.0466. The zero-order valence-corrected chi connectivity index (χ0v) is 18.6. The molecule has 2 rings (SSSR count). The van der Waals surface area contributed by atoms with Crippen molar-refractivity contribution in [1.82, 2.24) is 10.2 Å². The number of hydrogen-bond donors (Lipinski definition) is 1. The highest BCUT2D eigenvalue weighted by atomic mass is 35.5. The van der Waals surface area contributed by atoms with Crippen LogP contribution in [0.4, 0.5) is 0 Å². The number of nitrogens with one attached hydrogen (secondary N) is 1. The molecule has 0 bridgehead atoms. The number of halogens is 2. The maximum Gasteiger partial charge on any atom is 0.242 e. The zero-order chi connectivity index (χ0) is 21.4. The molecule has 0 radical (unpaired) electrons. The molecule has 0 aliphatic rings. The number of carbonyl (C=O) groups excluding carboxylic acids is 2. The largest absolute Gasteiger partial charge is 0.352 e. The van der Waals surface area contributed by atoms with Crippen LogP contribution in [-0.4, -0.2) is 28.8 Å². The van der Waals surface area contributed by atoms with E-state index in [9.17, 15) is 9.59 Å². The summed E-state index contributed by atoms with van der Waals surface area (Å²) in [5.41, 5.74) is 1.72. The summed E-state index contributed by atoms with van der Waals surface area (Å²) in [7, 11) is 0. The summed E-state index contributed by atoms with van der Waals surface area (Å²) < 4.78 is 0. The summed E-state index contributed by atoms with van der Waals surface area (Å²) in [5, 5.41) is 4.18. The molecule has 0 saturated carbocycles. The average molecular weight is 435 g/mol. The Morgan fingerprint density at radius 2 is 1.52 bits per heavy atom. The lowest BCUT2D eigenvalue weighted by Gasteiger charge is -2.30. The number of aryl methyl sites for hydroxylation is 1. The van der Waals surface area contributed by atoms with Gasteiger partial charge in [-0.05, 0) is 49.9 Å². The molecule has 0 spiro atoms. The minimum Gasteiger partial charge on any atom is -0.352 e. The first-order valence-corrected chi connectivity index (χ1v) is 10.7. The Morgan fingerprint density at radius 1 is 0.966 bits per heavy atom. The van der Waals surface area contributed by atoms with Gasteiger partial charge in [0, 0.05) is 29.1 Å². The molecule has 0 heterocycles. The Kier molecular flexibility index (Phi) is 8.99. The molecular weight excluding hydrogens is 407 g/mol. The van der Waals surface area contributed by atoms with Crippen LogP contribution in [0.2, 0.25) is 10.0 Å². The van der Waals surface area contributed by atoms with Gasteiger partial charge < -0.3 is 10.2 Å². The van der Waals surface area contributed by atoms with Gasteiger partial charge in [-0.3, -0.25) is 9.59 Å². The fourth-order valence-electron chi connectivity index (χ4n) is 2.94. The molecule has 2 aromatic carbocycles. The number of nitrogens with zero attached hydrogens (tertiary/aromatic N) is 1. The number of carbonyl (C=O) groups is 2. The highest BCUT2D eigenvalue weighted by Gasteiger charge is 2.27. The van der Waals surface area contributed by atoms with Crippen LogP contribution in [-0.2, 0) is 22.6 Å². The molecule has 29 heavy (non-hydrogen) atoms. The fourth-order valence-corrected chi connectivity index (χ4v) is 3.37. The van der Waals surface area contributed by atoms with E-state index in [0.29, 0.717) is 16.5 Å². The fraction of sp³-hybridized carbons (Fsp3) is 0.391. The van der Waals surface area contributed by atoms with Crippen molar-refractivity contribution >= 4 is 35.0 Å². The van der Waals surface area contributed by atoms with Gasteiger partial charge >= 0.3 is 0 Å². The number of benzene rings is 2. The maximum absolute atomic E-state index is 13.1. The van der Waals surface area contributed by atoms with Crippen LogP contribution in [0.3, 0.4) is 0 Å². The third-order valence-corrected chi connectivity index (χ3v) is 5.77. The highest BCUT2D eigenvalue weighted by molar-refractivity contribution is 6.31. The predicted octanol–water partition coefficient (Wildman–Crippen LogP) is 5.26. The standard InChI is InChI=1S/C23H28Cl2N2O2/c1-4-16(2)26-23(29)17(3)27(15-19-10-6-8-12-21(19)25)22(28)14-13-18-9-5-7-11-20(18)24/h5-12,16-17H,4,13-15H2,1-3H3,(H,26,29)/t16-,17-/m0/s1. The predicted molar refractivity (Wildman–Crippen MR) is 119 cm³/mol. The van der Waals surface area contributed by atoms with Gasteiger partial charge in [-0.2, -0.15) is 0 Å². The third-order valence-electron chi connectivity index (χ3n) is 5.03. The van der Waals surface area contributed by atoms with E-state index in [2.05, 4.69) is 5.32 Å². The first-order valence-electron chi connectivity index (χ1n) is 9.90. The van der Waals surface area contributed by atoms with Gasteiger partial charge in [0.2, 0.25) is 11.8 Å². The zero-order valence-electron chi connectivity index (χ0n) is 17.1. The SMILES string of the molecule is CC[C@H](C)NC(=O)[C@H](C)N(Cc1ccccc1Cl)C(=O)CCc1ccccc1Cl. The summed E-state index contributed by atoms with van der Waals surface area (Å²) in [6, 6.07) is 14.3. The second-order valence-electron chi connectivity index (χ2n) is 7.20. The van der Waals surface area contributed by atoms with Crippen LogP contribution in [0.5, 0.6) is 0 Å². The molecule has 156 valence electrons. The first kappa shape index (κ1) is 23.2. The van der Waals surface area contributed by atoms with Crippen molar-refractivity contribution in [3.8, 4) is 0 Å².